The molecule has 0 radical (unpaired) electrons. The van der Waals surface area contributed by atoms with E-state index in [0.29, 0.717) is 13.2 Å². The summed E-state index contributed by atoms with van der Waals surface area (Å²) in [6.45, 7) is 5.15. The lowest BCUT2D eigenvalue weighted by molar-refractivity contribution is 0.288. The molecule has 0 fully saturated rings. The van der Waals surface area contributed by atoms with Crippen molar-refractivity contribution in [3.8, 4) is 5.75 Å². The van der Waals surface area contributed by atoms with Gasteiger partial charge in [-0.25, -0.2) is 4.68 Å². The minimum atomic E-state index is 0.563. The van der Waals surface area contributed by atoms with E-state index in [1.807, 2.05) is 30.5 Å². The summed E-state index contributed by atoms with van der Waals surface area (Å²) in [7, 11) is 0. The van der Waals surface area contributed by atoms with Crippen molar-refractivity contribution in [2.75, 3.05) is 13.2 Å². The third kappa shape index (κ3) is 4.61. The smallest absolute Gasteiger partial charge is 0.133 e. The molecule has 1 heterocycles. The van der Waals surface area contributed by atoms with Crippen LogP contribution in [0.5, 0.6) is 5.75 Å². The highest BCUT2D eigenvalue weighted by atomic mass is 79.9. The molecule has 1 aromatic heterocycles. The summed E-state index contributed by atoms with van der Waals surface area (Å²) in [6.07, 6.45) is 3.07. The number of aromatic nitrogens is 3. The fourth-order valence-corrected chi connectivity index (χ4v) is 2.13. The second-order valence-corrected chi connectivity index (χ2v) is 5.28. The zero-order valence-corrected chi connectivity index (χ0v) is 13.1. The zero-order valence-electron chi connectivity index (χ0n) is 11.6. The lowest BCUT2D eigenvalue weighted by atomic mass is 10.3. The van der Waals surface area contributed by atoms with Crippen LogP contribution in [0.1, 0.15) is 19.0 Å². The second kappa shape index (κ2) is 8.01. The molecule has 20 heavy (non-hydrogen) atoms. The Labute approximate surface area is 127 Å². The van der Waals surface area contributed by atoms with Crippen molar-refractivity contribution in [3.63, 3.8) is 0 Å². The van der Waals surface area contributed by atoms with Gasteiger partial charge in [0.05, 0.1) is 16.7 Å². The number of halogens is 1. The second-order valence-electron chi connectivity index (χ2n) is 4.43. The molecule has 108 valence electrons. The lowest BCUT2D eigenvalue weighted by Gasteiger charge is -2.07. The van der Waals surface area contributed by atoms with Gasteiger partial charge in [0.15, 0.2) is 0 Å². The summed E-state index contributed by atoms with van der Waals surface area (Å²) in [4.78, 5) is 0. The normalized spacial score (nSPS) is 10.7. The summed E-state index contributed by atoms with van der Waals surface area (Å²) in [6, 6.07) is 7.81. The van der Waals surface area contributed by atoms with Gasteiger partial charge in [-0.2, -0.15) is 0 Å². The molecule has 1 aromatic carbocycles. The molecular weight excluding hydrogens is 320 g/mol. The molecule has 0 unspecified atom stereocenters. The van der Waals surface area contributed by atoms with E-state index in [2.05, 4.69) is 38.5 Å². The number of nitrogens with one attached hydrogen (secondary N) is 1. The van der Waals surface area contributed by atoms with E-state index in [4.69, 9.17) is 4.74 Å². The lowest BCUT2D eigenvalue weighted by Crippen LogP contribution is -2.14. The van der Waals surface area contributed by atoms with Crippen LogP contribution in [0.25, 0.3) is 0 Å². The molecular formula is C14H19BrN4O. The monoisotopic (exact) mass is 338 g/mol. The van der Waals surface area contributed by atoms with Crippen molar-refractivity contribution in [1.29, 1.82) is 0 Å². The van der Waals surface area contributed by atoms with E-state index in [-0.39, 0.29) is 0 Å². The van der Waals surface area contributed by atoms with Gasteiger partial charge in [-0.3, -0.25) is 0 Å². The van der Waals surface area contributed by atoms with Gasteiger partial charge >= 0.3 is 0 Å². The van der Waals surface area contributed by atoms with Gasteiger partial charge in [0.2, 0.25) is 0 Å². The van der Waals surface area contributed by atoms with Gasteiger partial charge in [-0.15, -0.1) is 5.10 Å². The Bertz CT molecular complexity index is 529. The van der Waals surface area contributed by atoms with Gasteiger partial charge in [-0.1, -0.05) is 24.3 Å². The van der Waals surface area contributed by atoms with E-state index < -0.39 is 0 Å². The first-order valence-corrected chi connectivity index (χ1v) is 7.56. The van der Waals surface area contributed by atoms with Crippen LogP contribution in [0.4, 0.5) is 0 Å². The molecule has 6 heteroatoms. The highest BCUT2D eigenvalue weighted by molar-refractivity contribution is 9.10. The van der Waals surface area contributed by atoms with Gasteiger partial charge in [0.25, 0.3) is 0 Å². The first kappa shape index (κ1) is 15.0. The molecule has 0 atom stereocenters. The van der Waals surface area contributed by atoms with Crippen molar-refractivity contribution >= 4 is 15.9 Å². The number of para-hydroxylation sites is 1. The molecule has 2 rings (SSSR count). The van der Waals surface area contributed by atoms with Crippen LogP contribution in [-0.4, -0.2) is 28.1 Å². The van der Waals surface area contributed by atoms with Crippen molar-refractivity contribution in [2.24, 2.45) is 0 Å². The quantitative estimate of drug-likeness (QED) is 0.751. The first-order chi connectivity index (χ1) is 9.79. The topological polar surface area (TPSA) is 52.0 Å². The number of hydrogen-bond donors (Lipinski definition) is 1. The number of rotatable bonds is 8. The zero-order chi connectivity index (χ0) is 14.2. The Kier molecular flexibility index (Phi) is 6.01. The summed E-state index contributed by atoms with van der Waals surface area (Å²) in [5.41, 5.74) is 0.958. The maximum atomic E-state index is 5.70. The van der Waals surface area contributed by atoms with E-state index in [1.54, 1.807) is 4.68 Å². The third-order valence-corrected chi connectivity index (χ3v) is 3.39. The molecule has 0 amide bonds. The number of nitrogens with zero attached hydrogens (tertiary/aromatic N) is 3. The van der Waals surface area contributed by atoms with Gasteiger partial charge < -0.3 is 10.1 Å². The van der Waals surface area contributed by atoms with E-state index in [9.17, 15) is 0 Å². The fraction of sp³-hybridized carbons (Fsp3) is 0.429. The Morgan fingerprint density at radius 2 is 2.20 bits per heavy atom. The van der Waals surface area contributed by atoms with E-state index in [0.717, 1.165) is 35.4 Å². The summed E-state index contributed by atoms with van der Waals surface area (Å²) >= 11 is 3.45. The fourth-order valence-electron chi connectivity index (χ4n) is 1.73. The maximum Gasteiger partial charge on any atom is 0.133 e. The van der Waals surface area contributed by atoms with E-state index in [1.165, 1.54) is 0 Å². The Morgan fingerprint density at radius 3 is 3.00 bits per heavy atom. The summed E-state index contributed by atoms with van der Waals surface area (Å²) in [5.74, 6) is 0.845. The Balaban J connectivity index is 1.75. The molecule has 1 N–H and O–H groups in total. The summed E-state index contributed by atoms with van der Waals surface area (Å²) < 4.78 is 8.46. The minimum absolute atomic E-state index is 0.563. The number of ether oxygens (including phenoxy) is 1. The predicted molar refractivity (Wildman–Crippen MR) is 81.7 cm³/mol. The molecule has 5 nitrogen and oxygen atoms in total. The van der Waals surface area contributed by atoms with Crippen LogP contribution >= 0.6 is 15.9 Å². The molecule has 0 spiro atoms. The van der Waals surface area contributed by atoms with Crippen LogP contribution in [0.15, 0.2) is 34.9 Å². The molecule has 0 aliphatic rings. The average molecular weight is 339 g/mol. The minimum Gasteiger partial charge on any atom is -0.490 e. The van der Waals surface area contributed by atoms with Gasteiger partial charge in [0, 0.05) is 12.7 Å². The van der Waals surface area contributed by atoms with Crippen molar-refractivity contribution in [1.82, 2.24) is 20.3 Å². The number of benzene rings is 1. The Hall–Kier alpha value is -1.40. The van der Waals surface area contributed by atoms with E-state index >= 15 is 0 Å². The largest absolute Gasteiger partial charge is 0.490 e. The molecule has 0 saturated heterocycles. The highest BCUT2D eigenvalue weighted by Gasteiger charge is 2.02. The van der Waals surface area contributed by atoms with Crippen molar-refractivity contribution < 1.29 is 4.74 Å². The van der Waals surface area contributed by atoms with Crippen LogP contribution < -0.4 is 10.1 Å². The molecule has 0 aliphatic carbocycles. The highest BCUT2D eigenvalue weighted by Crippen LogP contribution is 2.23. The Morgan fingerprint density at radius 1 is 1.35 bits per heavy atom. The van der Waals surface area contributed by atoms with Crippen molar-refractivity contribution in [2.45, 2.75) is 26.4 Å². The third-order valence-electron chi connectivity index (χ3n) is 2.73. The average Bonchev–Trinajstić information content (AvgIpc) is 2.89. The standard InChI is InChI=1S/C14H19BrN4O/c1-2-7-16-10-12-11-19(18-17-12)8-9-20-14-6-4-3-5-13(14)15/h3-6,11,16H,2,7-10H2,1H3. The van der Waals surface area contributed by atoms with Crippen LogP contribution in [0.2, 0.25) is 0 Å². The molecule has 0 saturated carbocycles. The molecule has 0 aliphatic heterocycles. The SMILES string of the molecule is CCCNCc1cn(CCOc2ccccc2Br)nn1. The van der Waals surface area contributed by atoms with Crippen LogP contribution in [-0.2, 0) is 13.1 Å². The van der Waals surface area contributed by atoms with Gasteiger partial charge in [0.1, 0.15) is 12.4 Å². The van der Waals surface area contributed by atoms with Crippen molar-refractivity contribution in [3.05, 3.63) is 40.6 Å². The number of hydrogen-bond acceptors (Lipinski definition) is 4. The molecule has 0 bridgehead atoms. The van der Waals surface area contributed by atoms with Gasteiger partial charge in [-0.05, 0) is 41.0 Å². The summed E-state index contributed by atoms with van der Waals surface area (Å²) in [5, 5.41) is 11.5. The first-order valence-electron chi connectivity index (χ1n) is 6.76. The van der Waals surface area contributed by atoms with Crippen LogP contribution in [0.3, 0.4) is 0 Å². The molecule has 2 aromatic rings. The van der Waals surface area contributed by atoms with Crippen LogP contribution in [0, 0.1) is 0 Å². The maximum absolute atomic E-state index is 5.70. The predicted octanol–water partition coefficient (Wildman–Crippen LogP) is 2.62.